The summed E-state index contributed by atoms with van der Waals surface area (Å²) in [5, 5.41) is 7.50. The number of amides is 2. The van der Waals surface area contributed by atoms with Gasteiger partial charge in [0.15, 0.2) is 6.61 Å². The van der Waals surface area contributed by atoms with Crippen molar-refractivity contribution in [2.45, 2.75) is 24.9 Å². The normalized spacial score (nSPS) is 12.5. The zero-order valence-electron chi connectivity index (χ0n) is 22.0. The molecule has 0 unspecified atom stereocenters. The molecule has 0 aliphatic carbocycles. The Morgan fingerprint density at radius 1 is 0.725 bits per heavy atom. The van der Waals surface area contributed by atoms with Crippen LogP contribution in [-0.2, 0) is 32.0 Å². The summed E-state index contributed by atoms with van der Waals surface area (Å²) in [5.74, 6) is -1.01. The summed E-state index contributed by atoms with van der Waals surface area (Å²) in [6.07, 6.45) is 4.06. The highest BCUT2D eigenvalue weighted by Crippen LogP contribution is 2.21. The zero-order valence-corrected chi connectivity index (χ0v) is 22.0. The fourth-order valence-corrected chi connectivity index (χ4v) is 4.76. The summed E-state index contributed by atoms with van der Waals surface area (Å²) in [5.41, 5.74) is 3.56. The molecule has 0 saturated heterocycles. The van der Waals surface area contributed by atoms with Gasteiger partial charge >= 0.3 is 5.97 Å². The maximum absolute atomic E-state index is 13.6. The number of benzene rings is 3. The largest absolute Gasteiger partial charge is 0.484 e. The first-order valence-electron chi connectivity index (χ1n) is 13.0. The second-order valence-corrected chi connectivity index (χ2v) is 9.43. The van der Waals surface area contributed by atoms with Gasteiger partial charge in [0.1, 0.15) is 17.8 Å². The number of rotatable bonds is 11. The third kappa shape index (κ3) is 6.15. The van der Waals surface area contributed by atoms with Crippen LogP contribution in [0.3, 0.4) is 0 Å². The van der Waals surface area contributed by atoms with E-state index in [0.717, 1.165) is 32.9 Å². The van der Waals surface area contributed by atoms with E-state index in [-0.39, 0.29) is 19.4 Å². The number of carbonyl (C=O) groups excluding carboxylic acids is 3. The van der Waals surface area contributed by atoms with E-state index in [0.29, 0.717) is 5.75 Å². The standard InChI is InChI=1S/C31H30N4O5/c1-39-31(38)28(16-21-18-33-26-14-8-6-12-24(21)26)35-30(37)27(15-20-17-32-25-13-7-5-11-23(20)25)34-29(36)19-40-22-9-3-2-4-10-22/h2-14,17-18,27-28,32-33H,15-16,19H2,1H3,(H,34,36)(H,35,37)/t27-,28+/m1/s1. The summed E-state index contributed by atoms with van der Waals surface area (Å²) in [7, 11) is 1.28. The fraction of sp³-hybridized carbons (Fsp3) is 0.194. The summed E-state index contributed by atoms with van der Waals surface area (Å²) in [6, 6.07) is 22.5. The Bertz CT molecular complexity index is 1620. The van der Waals surface area contributed by atoms with Crippen LogP contribution in [0.25, 0.3) is 21.8 Å². The molecular weight excluding hydrogens is 508 g/mol. The molecule has 0 bridgehead atoms. The van der Waals surface area contributed by atoms with Crippen LogP contribution >= 0.6 is 0 Å². The molecule has 5 rings (SSSR count). The van der Waals surface area contributed by atoms with Crippen LogP contribution < -0.4 is 15.4 Å². The van der Waals surface area contributed by atoms with Gasteiger partial charge in [-0.15, -0.1) is 0 Å². The molecule has 9 heteroatoms. The topological polar surface area (TPSA) is 125 Å². The minimum atomic E-state index is -0.971. The Morgan fingerprint density at radius 2 is 1.27 bits per heavy atom. The summed E-state index contributed by atoms with van der Waals surface area (Å²) >= 11 is 0. The molecule has 0 spiro atoms. The van der Waals surface area contributed by atoms with Gasteiger partial charge in [0.05, 0.1) is 7.11 Å². The van der Waals surface area contributed by atoms with E-state index < -0.39 is 29.9 Å². The summed E-state index contributed by atoms with van der Waals surface area (Å²) < 4.78 is 10.6. The highest BCUT2D eigenvalue weighted by molar-refractivity contribution is 5.93. The smallest absolute Gasteiger partial charge is 0.328 e. The van der Waals surface area contributed by atoms with Gasteiger partial charge in [-0.1, -0.05) is 54.6 Å². The predicted octanol–water partition coefficient (Wildman–Crippen LogP) is 3.66. The molecule has 0 aliphatic heterocycles. The van der Waals surface area contributed by atoms with Crippen molar-refractivity contribution in [2.75, 3.05) is 13.7 Å². The van der Waals surface area contributed by atoms with E-state index in [9.17, 15) is 14.4 Å². The molecule has 40 heavy (non-hydrogen) atoms. The molecule has 0 fully saturated rings. The van der Waals surface area contributed by atoms with Crippen LogP contribution in [0.5, 0.6) is 5.75 Å². The Kier molecular flexibility index (Phi) is 8.10. The third-order valence-electron chi connectivity index (χ3n) is 6.76. The van der Waals surface area contributed by atoms with E-state index in [1.54, 1.807) is 24.3 Å². The Labute approximate surface area is 230 Å². The van der Waals surface area contributed by atoms with Crippen molar-refractivity contribution in [2.24, 2.45) is 0 Å². The number of H-pyrrole nitrogens is 2. The van der Waals surface area contributed by atoms with Crippen LogP contribution in [0.2, 0.25) is 0 Å². The van der Waals surface area contributed by atoms with Crippen molar-refractivity contribution in [1.29, 1.82) is 0 Å². The lowest BCUT2D eigenvalue weighted by Gasteiger charge is -2.22. The van der Waals surface area contributed by atoms with Gasteiger partial charge < -0.3 is 30.1 Å². The molecule has 0 saturated carbocycles. The number of hydrogen-bond acceptors (Lipinski definition) is 5. The third-order valence-corrected chi connectivity index (χ3v) is 6.76. The highest BCUT2D eigenvalue weighted by atomic mass is 16.5. The SMILES string of the molecule is COC(=O)[C@H](Cc1c[nH]c2ccccc12)NC(=O)[C@@H](Cc1c[nH]c2ccccc12)NC(=O)COc1ccccc1. The van der Waals surface area contributed by atoms with Gasteiger partial charge in [-0.3, -0.25) is 9.59 Å². The van der Waals surface area contributed by atoms with Crippen LogP contribution in [0.15, 0.2) is 91.3 Å². The second-order valence-electron chi connectivity index (χ2n) is 9.43. The molecule has 9 nitrogen and oxygen atoms in total. The molecule has 3 aromatic carbocycles. The number of para-hydroxylation sites is 3. The van der Waals surface area contributed by atoms with Gasteiger partial charge in [0.25, 0.3) is 5.91 Å². The number of hydrogen-bond donors (Lipinski definition) is 4. The minimum Gasteiger partial charge on any atom is -0.484 e. The minimum absolute atomic E-state index is 0.202. The molecule has 0 radical (unpaired) electrons. The lowest BCUT2D eigenvalue weighted by molar-refractivity contribution is -0.145. The maximum atomic E-state index is 13.6. The Morgan fingerprint density at radius 3 is 1.88 bits per heavy atom. The van der Waals surface area contributed by atoms with Crippen LogP contribution in [0.4, 0.5) is 0 Å². The number of aromatic nitrogens is 2. The van der Waals surface area contributed by atoms with E-state index in [1.807, 2.05) is 67.0 Å². The average Bonchev–Trinajstić information content (AvgIpc) is 3.59. The van der Waals surface area contributed by atoms with Crippen LogP contribution in [-0.4, -0.2) is 53.6 Å². The number of methoxy groups -OCH3 is 1. The molecular formula is C31H30N4O5. The van der Waals surface area contributed by atoms with E-state index >= 15 is 0 Å². The molecule has 5 aromatic rings. The Hall–Kier alpha value is -5.05. The molecule has 2 amide bonds. The highest BCUT2D eigenvalue weighted by Gasteiger charge is 2.29. The van der Waals surface area contributed by atoms with Crippen molar-refractivity contribution in [3.05, 3.63) is 102 Å². The van der Waals surface area contributed by atoms with E-state index in [2.05, 4.69) is 20.6 Å². The Balaban J connectivity index is 1.35. The fourth-order valence-electron chi connectivity index (χ4n) is 4.76. The average molecular weight is 539 g/mol. The quantitative estimate of drug-likeness (QED) is 0.191. The van der Waals surface area contributed by atoms with E-state index in [4.69, 9.17) is 9.47 Å². The van der Waals surface area contributed by atoms with Crippen molar-refractivity contribution in [3.8, 4) is 5.75 Å². The van der Waals surface area contributed by atoms with Gasteiger partial charge in [0.2, 0.25) is 5.91 Å². The lowest BCUT2D eigenvalue weighted by atomic mass is 10.0. The maximum Gasteiger partial charge on any atom is 0.328 e. The van der Waals surface area contributed by atoms with E-state index in [1.165, 1.54) is 7.11 Å². The number of fused-ring (bicyclic) bond motifs is 2. The number of ether oxygens (including phenoxy) is 2. The molecule has 2 atom stereocenters. The molecule has 204 valence electrons. The molecule has 4 N–H and O–H groups in total. The van der Waals surface area contributed by atoms with Gasteiger partial charge in [0, 0.05) is 47.0 Å². The molecule has 2 aromatic heterocycles. The number of nitrogens with one attached hydrogen (secondary N) is 4. The number of aromatic amines is 2. The summed E-state index contributed by atoms with van der Waals surface area (Å²) in [6.45, 7) is -0.266. The second kappa shape index (κ2) is 12.2. The van der Waals surface area contributed by atoms with Crippen molar-refractivity contribution < 1.29 is 23.9 Å². The molecule has 0 aliphatic rings. The first-order valence-corrected chi connectivity index (χ1v) is 13.0. The number of esters is 1. The first kappa shape index (κ1) is 26.6. The van der Waals surface area contributed by atoms with Crippen molar-refractivity contribution >= 4 is 39.6 Å². The number of carbonyl (C=O) groups is 3. The monoisotopic (exact) mass is 538 g/mol. The van der Waals surface area contributed by atoms with Crippen LogP contribution in [0, 0.1) is 0 Å². The van der Waals surface area contributed by atoms with Crippen molar-refractivity contribution in [1.82, 2.24) is 20.6 Å². The van der Waals surface area contributed by atoms with Crippen molar-refractivity contribution in [3.63, 3.8) is 0 Å². The summed E-state index contributed by atoms with van der Waals surface area (Å²) in [4.78, 5) is 45.7. The molecule has 2 heterocycles. The van der Waals surface area contributed by atoms with Gasteiger partial charge in [-0.05, 0) is 35.4 Å². The van der Waals surface area contributed by atoms with Gasteiger partial charge in [-0.25, -0.2) is 4.79 Å². The van der Waals surface area contributed by atoms with Crippen LogP contribution in [0.1, 0.15) is 11.1 Å². The zero-order chi connectivity index (χ0) is 27.9. The first-order chi connectivity index (χ1) is 19.5. The lowest BCUT2D eigenvalue weighted by Crippen LogP contribution is -2.54. The van der Waals surface area contributed by atoms with Gasteiger partial charge in [-0.2, -0.15) is 0 Å². The predicted molar refractivity (Wildman–Crippen MR) is 152 cm³/mol.